The molecule has 1 aliphatic heterocycles. The lowest BCUT2D eigenvalue weighted by molar-refractivity contribution is 0.153. The quantitative estimate of drug-likeness (QED) is 0.910. The fourth-order valence-corrected chi connectivity index (χ4v) is 2.97. The van der Waals surface area contributed by atoms with Crippen LogP contribution >= 0.6 is 0 Å². The number of benzene rings is 1. The number of nitrogens with two attached hydrogens (primary N) is 1. The number of fused-ring (bicyclic) bond motifs is 1. The molecule has 0 aliphatic carbocycles. The second-order valence-electron chi connectivity index (χ2n) is 5.23. The molecule has 2 N–H and O–H groups in total. The number of rotatable bonds is 5. The minimum Gasteiger partial charge on any atom is -0.494 e. The van der Waals surface area contributed by atoms with Crippen molar-refractivity contribution in [1.29, 1.82) is 0 Å². The zero-order chi connectivity index (χ0) is 14.7. The SMILES string of the molecule is CCOc1ccccc1C(CN)N1CCn2ccnc2C1. The lowest BCUT2D eigenvalue weighted by Gasteiger charge is -2.35. The standard InChI is InChI=1S/C16H22N4O/c1-2-21-15-6-4-3-5-13(15)14(11-17)20-10-9-19-8-7-18-16(19)12-20/h3-8,14H,2,9-12,17H2,1H3. The van der Waals surface area contributed by atoms with E-state index in [-0.39, 0.29) is 6.04 Å². The molecule has 0 bridgehead atoms. The number of ether oxygens (including phenoxy) is 1. The van der Waals surface area contributed by atoms with Crippen LogP contribution in [0.1, 0.15) is 24.4 Å². The van der Waals surface area contributed by atoms with Gasteiger partial charge in [0, 0.05) is 37.6 Å². The highest BCUT2D eigenvalue weighted by atomic mass is 16.5. The number of hydrogen-bond acceptors (Lipinski definition) is 4. The van der Waals surface area contributed by atoms with Gasteiger partial charge in [-0.05, 0) is 13.0 Å². The summed E-state index contributed by atoms with van der Waals surface area (Å²) in [7, 11) is 0. The van der Waals surface area contributed by atoms with Crippen molar-refractivity contribution < 1.29 is 4.74 Å². The maximum absolute atomic E-state index is 6.07. The van der Waals surface area contributed by atoms with E-state index in [4.69, 9.17) is 10.5 Å². The summed E-state index contributed by atoms with van der Waals surface area (Å²) in [5.41, 5.74) is 7.24. The summed E-state index contributed by atoms with van der Waals surface area (Å²) < 4.78 is 7.97. The Labute approximate surface area is 125 Å². The molecular weight excluding hydrogens is 264 g/mol. The van der Waals surface area contributed by atoms with Crippen molar-refractivity contribution in [2.24, 2.45) is 5.73 Å². The first kappa shape index (κ1) is 14.1. The second-order valence-corrected chi connectivity index (χ2v) is 5.23. The Kier molecular flexibility index (Phi) is 4.22. The maximum atomic E-state index is 6.07. The van der Waals surface area contributed by atoms with Crippen molar-refractivity contribution in [2.75, 3.05) is 19.7 Å². The second kappa shape index (κ2) is 6.28. The largest absolute Gasteiger partial charge is 0.494 e. The third-order valence-electron chi connectivity index (χ3n) is 4.02. The molecule has 21 heavy (non-hydrogen) atoms. The normalized spacial score (nSPS) is 16.5. The first-order valence-electron chi connectivity index (χ1n) is 7.49. The summed E-state index contributed by atoms with van der Waals surface area (Å²) in [5, 5.41) is 0. The molecule has 0 saturated heterocycles. The highest BCUT2D eigenvalue weighted by Gasteiger charge is 2.26. The number of imidazole rings is 1. The maximum Gasteiger partial charge on any atom is 0.124 e. The summed E-state index contributed by atoms with van der Waals surface area (Å²) in [6.07, 6.45) is 3.91. The van der Waals surface area contributed by atoms with Crippen LogP contribution in [0.2, 0.25) is 0 Å². The van der Waals surface area contributed by atoms with E-state index < -0.39 is 0 Å². The van der Waals surface area contributed by atoms with E-state index >= 15 is 0 Å². The minimum absolute atomic E-state index is 0.165. The molecule has 1 unspecified atom stereocenters. The molecule has 1 aromatic heterocycles. The van der Waals surface area contributed by atoms with Gasteiger partial charge in [0.25, 0.3) is 0 Å². The minimum atomic E-state index is 0.165. The highest BCUT2D eigenvalue weighted by Crippen LogP contribution is 2.30. The van der Waals surface area contributed by atoms with Gasteiger partial charge in [0.15, 0.2) is 0 Å². The third-order valence-corrected chi connectivity index (χ3v) is 4.02. The van der Waals surface area contributed by atoms with Crippen molar-refractivity contribution in [1.82, 2.24) is 14.5 Å². The zero-order valence-electron chi connectivity index (χ0n) is 12.4. The van der Waals surface area contributed by atoms with Crippen molar-refractivity contribution in [2.45, 2.75) is 26.1 Å². The van der Waals surface area contributed by atoms with Gasteiger partial charge in [0.05, 0.1) is 19.2 Å². The van der Waals surface area contributed by atoms with E-state index in [9.17, 15) is 0 Å². The molecule has 0 amide bonds. The Morgan fingerprint density at radius 3 is 3.00 bits per heavy atom. The van der Waals surface area contributed by atoms with Crippen LogP contribution in [0.4, 0.5) is 0 Å². The molecule has 2 aromatic rings. The lowest BCUT2D eigenvalue weighted by atomic mass is 10.0. The van der Waals surface area contributed by atoms with Crippen molar-refractivity contribution in [3.63, 3.8) is 0 Å². The molecule has 5 heteroatoms. The average Bonchev–Trinajstić information content (AvgIpc) is 2.98. The van der Waals surface area contributed by atoms with E-state index in [0.29, 0.717) is 13.2 Å². The Morgan fingerprint density at radius 1 is 1.33 bits per heavy atom. The number of para-hydroxylation sites is 1. The number of nitrogens with zero attached hydrogens (tertiary/aromatic N) is 3. The lowest BCUT2D eigenvalue weighted by Crippen LogP contribution is -2.39. The smallest absolute Gasteiger partial charge is 0.124 e. The van der Waals surface area contributed by atoms with Gasteiger partial charge in [-0.25, -0.2) is 4.98 Å². The molecule has 5 nitrogen and oxygen atoms in total. The molecule has 1 aromatic carbocycles. The van der Waals surface area contributed by atoms with Gasteiger partial charge in [-0.3, -0.25) is 4.90 Å². The monoisotopic (exact) mass is 286 g/mol. The van der Waals surface area contributed by atoms with Crippen LogP contribution in [0, 0.1) is 0 Å². The molecule has 1 aliphatic rings. The molecule has 0 saturated carbocycles. The molecular formula is C16H22N4O. The summed E-state index contributed by atoms with van der Waals surface area (Å²) >= 11 is 0. The van der Waals surface area contributed by atoms with Crippen LogP contribution in [0.5, 0.6) is 5.75 Å². The van der Waals surface area contributed by atoms with Crippen LogP contribution in [0.3, 0.4) is 0 Å². The van der Waals surface area contributed by atoms with Gasteiger partial charge in [-0.1, -0.05) is 18.2 Å². The van der Waals surface area contributed by atoms with E-state index in [1.807, 2.05) is 37.5 Å². The molecule has 0 fully saturated rings. The predicted molar refractivity (Wildman–Crippen MR) is 82.0 cm³/mol. The Balaban J connectivity index is 1.86. The van der Waals surface area contributed by atoms with E-state index in [2.05, 4.69) is 20.5 Å². The molecule has 1 atom stereocenters. The first-order chi connectivity index (χ1) is 10.3. The third kappa shape index (κ3) is 2.80. The fourth-order valence-electron chi connectivity index (χ4n) is 2.97. The van der Waals surface area contributed by atoms with E-state index in [0.717, 1.165) is 31.2 Å². The molecule has 112 valence electrons. The number of hydrogen-bond donors (Lipinski definition) is 1. The van der Waals surface area contributed by atoms with Crippen LogP contribution in [-0.2, 0) is 13.1 Å². The summed E-state index contributed by atoms with van der Waals surface area (Å²) in [6, 6.07) is 8.35. The van der Waals surface area contributed by atoms with E-state index in [1.54, 1.807) is 0 Å². The van der Waals surface area contributed by atoms with Crippen LogP contribution in [0.15, 0.2) is 36.7 Å². The summed E-state index contributed by atoms with van der Waals surface area (Å²) in [5.74, 6) is 2.04. The van der Waals surface area contributed by atoms with Crippen LogP contribution < -0.4 is 10.5 Å². The average molecular weight is 286 g/mol. The van der Waals surface area contributed by atoms with Crippen molar-refractivity contribution in [3.8, 4) is 5.75 Å². The Morgan fingerprint density at radius 2 is 2.19 bits per heavy atom. The van der Waals surface area contributed by atoms with Crippen LogP contribution in [0.25, 0.3) is 0 Å². The van der Waals surface area contributed by atoms with Gasteiger partial charge in [0.1, 0.15) is 11.6 Å². The molecule has 2 heterocycles. The van der Waals surface area contributed by atoms with Crippen molar-refractivity contribution >= 4 is 0 Å². The Bertz CT molecular complexity index is 595. The molecule has 0 radical (unpaired) electrons. The van der Waals surface area contributed by atoms with Gasteiger partial charge >= 0.3 is 0 Å². The van der Waals surface area contributed by atoms with Gasteiger partial charge in [-0.2, -0.15) is 0 Å². The summed E-state index contributed by atoms with van der Waals surface area (Å²) in [4.78, 5) is 6.81. The fraction of sp³-hybridized carbons (Fsp3) is 0.438. The first-order valence-corrected chi connectivity index (χ1v) is 7.49. The highest BCUT2D eigenvalue weighted by molar-refractivity contribution is 5.36. The molecule has 3 rings (SSSR count). The molecule has 0 spiro atoms. The topological polar surface area (TPSA) is 56.3 Å². The zero-order valence-corrected chi connectivity index (χ0v) is 12.4. The Hall–Kier alpha value is -1.85. The van der Waals surface area contributed by atoms with Crippen molar-refractivity contribution in [3.05, 3.63) is 48.0 Å². The predicted octanol–water partition coefficient (Wildman–Crippen LogP) is 1.80. The van der Waals surface area contributed by atoms with Gasteiger partial charge in [-0.15, -0.1) is 0 Å². The summed E-state index contributed by atoms with van der Waals surface area (Å²) in [6.45, 7) is 6.01. The van der Waals surface area contributed by atoms with Crippen LogP contribution in [-0.4, -0.2) is 34.1 Å². The van der Waals surface area contributed by atoms with Gasteiger partial charge < -0.3 is 15.0 Å². The van der Waals surface area contributed by atoms with E-state index in [1.165, 1.54) is 5.56 Å². The number of aromatic nitrogens is 2. The van der Waals surface area contributed by atoms with Gasteiger partial charge in [0.2, 0.25) is 0 Å².